The smallest absolute Gasteiger partial charge is 0.324 e. The summed E-state index contributed by atoms with van der Waals surface area (Å²) in [6, 6.07) is -7.91. The van der Waals surface area contributed by atoms with Gasteiger partial charge in [-0.15, -0.1) is 0 Å². The Hall–Kier alpha value is -4.05. The Morgan fingerprint density at radius 1 is 0.833 bits per heavy atom. The topological polar surface area (TPSA) is 206 Å². The Kier molecular flexibility index (Phi) is 18.8. The fourth-order valence-corrected chi connectivity index (χ4v) is 7.02. The van der Waals surface area contributed by atoms with Gasteiger partial charge >= 0.3 is 6.03 Å². The molecule has 1 aliphatic rings. The van der Waals surface area contributed by atoms with Crippen molar-refractivity contribution in [3.63, 3.8) is 0 Å². The van der Waals surface area contributed by atoms with Crippen molar-refractivity contribution in [1.29, 1.82) is 0 Å². The van der Waals surface area contributed by atoms with Crippen LogP contribution < -0.4 is 16.4 Å². The van der Waals surface area contributed by atoms with Gasteiger partial charge in [-0.25, -0.2) is 4.79 Å². The fraction of sp³-hybridized carbons (Fsp3) is 0.763. The van der Waals surface area contributed by atoms with Gasteiger partial charge in [0, 0.05) is 35.2 Å². The van der Waals surface area contributed by atoms with Crippen LogP contribution in [-0.4, -0.2) is 155 Å². The van der Waals surface area contributed by atoms with Crippen molar-refractivity contribution in [3.8, 4) is 0 Å². The van der Waals surface area contributed by atoms with E-state index in [0.29, 0.717) is 0 Å². The van der Waals surface area contributed by atoms with Crippen molar-refractivity contribution in [2.75, 3.05) is 35.2 Å². The molecule has 1 heterocycles. The summed E-state index contributed by atoms with van der Waals surface area (Å²) in [7, 11) is 7.24. The predicted octanol–water partition coefficient (Wildman–Crippen LogP) is 1.16. The summed E-state index contributed by atoms with van der Waals surface area (Å²) in [5.74, 6) is -3.89. The third-order valence-corrected chi connectivity index (χ3v) is 10.1. The minimum Gasteiger partial charge on any atom is -0.388 e. The summed E-state index contributed by atoms with van der Waals surface area (Å²) < 4.78 is 0. The largest absolute Gasteiger partial charge is 0.388 e. The number of amides is 8. The molecule has 308 valence electrons. The van der Waals surface area contributed by atoms with Crippen molar-refractivity contribution >= 4 is 41.5 Å². The van der Waals surface area contributed by atoms with Gasteiger partial charge in [0.2, 0.25) is 35.4 Å². The molecule has 0 radical (unpaired) electrons. The van der Waals surface area contributed by atoms with E-state index in [-0.39, 0.29) is 43.4 Å². The first-order valence-electron chi connectivity index (χ1n) is 19.0. The van der Waals surface area contributed by atoms with Crippen LogP contribution in [0.4, 0.5) is 4.79 Å². The summed E-state index contributed by atoms with van der Waals surface area (Å²) in [5.41, 5.74) is 5.62. The Morgan fingerprint density at radius 2 is 1.33 bits per heavy atom. The molecule has 8 amide bonds. The van der Waals surface area contributed by atoms with Crippen LogP contribution >= 0.6 is 0 Å². The minimum absolute atomic E-state index is 0.0433. The Bertz CT molecular complexity index is 1370. The lowest BCUT2D eigenvalue weighted by atomic mass is 9.95. The number of hydrogen-bond donors (Lipinski definition) is 4. The van der Waals surface area contributed by atoms with E-state index in [2.05, 4.69) is 10.6 Å². The van der Waals surface area contributed by atoms with Crippen LogP contribution in [-0.2, 0) is 28.8 Å². The second-order valence-electron chi connectivity index (χ2n) is 15.6. The first kappa shape index (κ1) is 48.0. The normalized spacial score (nSPS) is 20.1. The molecule has 0 aromatic carbocycles. The molecule has 1 rings (SSSR count). The summed E-state index contributed by atoms with van der Waals surface area (Å²) >= 11 is 0. The van der Waals surface area contributed by atoms with E-state index in [1.807, 2.05) is 27.7 Å². The fourth-order valence-electron chi connectivity index (χ4n) is 7.02. The number of nitrogens with zero attached hydrogens (tertiary/aromatic N) is 5. The number of urea groups is 1. The van der Waals surface area contributed by atoms with Gasteiger partial charge in [-0.1, -0.05) is 60.6 Å². The Morgan fingerprint density at radius 3 is 1.76 bits per heavy atom. The van der Waals surface area contributed by atoms with E-state index < -0.39 is 89.9 Å². The summed E-state index contributed by atoms with van der Waals surface area (Å²) in [6.07, 6.45) is 3.25. The van der Waals surface area contributed by atoms with E-state index in [4.69, 9.17) is 5.73 Å². The molecule has 16 nitrogen and oxygen atoms in total. The molecule has 0 aromatic heterocycles. The van der Waals surface area contributed by atoms with Gasteiger partial charge in [0.25, 0.3) is 0 Å². The quantitative estimate of drug-likeness (QED) is 0.148. The average Bonchev–Trinajstić information content (AvgIpc) is 3.34. The summed E-state index contributed by atoms with van der Waals surface area (Å²) in [6.45, 7) is 16.1. The van der Waals surface area contributed by atoms with Gasteiger partial charge in [-0.2, -0.15) is 0 Å². The highest BCUT2D eigenvalue weighted by Crippen LogP contribution is 2.31. The monoisotopic (exact) mass is 765 g/mol. The van der Waals surface area contributed by atoms with Crippen LogP contribution in [0.2, 0.25) is 0 Å². The first-order valence-corrected chi connectivity index (χ1v) is 19.0. The number of rotatable bonds is 18. The molecule has 1 aliphatic heterocycles. The standard InChI is InChI=1S/C38H68N8O8/c1-15-17-18-26-31(47)30(37(53)46(26)25(16-2)33(49)40-10)45(14)36(52)29(23(7)8)44(13)35(51)27(19-21(3)4)42(11)34(50)28(20-22(5)6)43(12)38(54)41-32(48)24(9)39/h15,17,21-31,47H,16,18-20,39H2,1-14H3,(H,40,49)(H,41,48,54)/b17-15+/t24-,25-,26+,27-,28+,29-,30?,31+/m0/s1. The number of allylic oxidation sites excluding steroid dienone is 1. The van der Waals surface area contributed by atoms with Crippen LogP contribution in [0.3, 0.4) is 0 Å². The lowest BCUT2D eigenvalue weighted by Crippen LogP contribution is -2.61. The zero-order valence-electron chi connectivity index (χ0n) is 35.0. The summed E-state index contributed by atoms with van der Waals surface area (Å²) in [4.78, 5) is 102. The third kappa shape index (κ3) is 11.5. The van der Waals surface area contributed by atoms with Gasteiger partial charge in [-0.3, -0.25) is 34.1 Å². The average molecular weight is 765 g/mol. The van der Waals surface area contributed by atoms with E-state index in [9.17, 15) is 38.7 Å². The molecule has 0 spiro atoms. The highest BCUT2D eigenvalue weighted by molar-refractivity contribution is 6.00. The predicted molar refractivity (Wildman–Crippen MR) is 206 cm³/mol. The first-order chi connectivity index (χ1) is 25.0. The lowest BCUT2D eigenvalue weighted by Gasteiger charge is -2.40. The zero-order chi connectivity index (χ0) is 41.9. The number of imide groups is 1. The van der Waals surface area contributed by atoms with Crippen LogP contribution in [0.25, 0.3) is 0 Å². The van der Waals surface area contributed by atoms with Crippen molar-refractivity contribution < 1.29 is 38.7 Å². The Balaban J connectivity index is 3.58. The third-order valence-electron chi connectivity index (χ3n) is 10.1. The molecule has 8 atom stereocenters. The molecule has 1 fully saturated rings. The van der Waals surface area contributed by atoms with E-state index in [1.165, 1.54) is 61.8 Å². The zero-order valence-corrected chi connectivity index (χ0v) is 35.0. The molecule has 1 saturated heterocycles. The van der Waals surface area contributed by atoms with E-state index in [0.717, 1.165) is 4.90 Å². The molecule has 1 unspecified atom stereocenters. The van der Waals surface area contributed by atoms with Gasteiger partial charge < -0.3 is 40.7 Å². The maximum absolute atomic E-state index is 14.5. The van der Waals surface area contributed by atoms with E-state index >= 15 is 0 Å². The number of nitrogens with two attached hydrogens (primary N) is 1. The highest BCUT2D eigenvalue weighted by Gasteiger charge is 2.54. The maximum Gasteiger partial charge on any atom is 0.324 e. The number of likely N-dealkylation sites (tertiary alicyclic amines) is 1. The van der Waals surface area contributed by atoms with Crippen LogP contribution in [0, 0.1) is 17.8 Å². The van der Waals surface area contributed by atoms with Crippen molar-refractivity contribution in [2.45, 2.75) is 136 Å². The number of hydrogen-bond acceptors (Lipinski definition) is 9. The van der Waals surface area contributed by atoms with Crippen molar-refractivity contribution in [2.24, 2.45) is 23.5 Å². The number of aliphatic hydroxyl groups excluding tert-OH is 1. The maximum atomic E-state index is 14.5. The number of carbonyl (C=O) groups is 7. The van der Waals surface area contributed by atoms with E-state index in [1.54, 1.807) is 39.8 Å². The number of likely N-dealkylation sites (N-methyl/N-ethyl adjacent to an activating group) is 5. The molecular formula is C38H68N8O8. The molecule has 0 aliphatic carbocycles. The molecule has 16 heteroatoms. The number of nitrogens with one attached hydrogen (secondary N) is 2. The van der Waals surface area contributed by atoms with Crippen LogP contribution in [0.1, 0.15) is 88.0 Å². The number of carbonyl (C=O) groups excluding carboxylic acids is 7. The van der Waals surface area contributed by atoms with Gasteiger partial charge in [0.1, 0.15) is 36.3 Å². The SMILES string of the molecule is C/C=C/C[C@@H]1[C@@H](O)C(N(C)C(=O)[C@H](C(C)C)N(C)C(=O)[C@H](CC(C)C)N(C)C(=O)[C@@H](CC(C)C)N(C)C(=O)NC(=O)[C@H](C)N)C(=O)N1[C@@H](CC)C(=O)NC. The molecule has 0 bridgehead atoms. The van der Waals surface area contributed by atoms with Crippen LogP contribution in [0.15, 0.2) is 12.2 Å². The number of aliphatic hydroxyl groups is 1. The van der Waals surface area contributed by atoms with Gasteiger partial charge in [0.15, 0.2) is 0 Å². The molecule has 0 saturated carbocycles. The molecule has 5 N–H and O–H groups in total. The second-order valence-corrected chi connectivity index (χ2v) is 15.6. The molecular weight excluding hydrogens is 696 g/mol. The van der Waals surface area contributed by atoms with Gasteiger partial charge in [-0.05, 0) is 57.3 Å². The minimum atomic E-state index is -1.33. The summed E-state index contributed by atoms with van der Waals surface area (Å²) in [5, 5.41) is 16.4. The van der Waals surface area contributed by atoms with Crippen LogP contribution in [0.5, 0.6) is 0 Å². The van der Waals surface area contributed by atoms with Crippen molar-refractivity contribution in [3.05, 3.63) is 12.2 Å². The second kappa shape index (κ2) is 21.1. The lowest BCUT2D eigenvalue weighted by molar-refractivity contribution is -0.155. The highest BCUT2D eigenvalue weighted by atomic mass is 16.3. The molecule has 54 heavy (non-hydrogen) atoms. The van der Waals surface area contributed by atoms with Crippen molar-refractivity contribution in [1.82, 2.24) is 35.1 Å². The van der Waals surface area contributed by atoms with Gasteiger partial charge in [0.05, 0.1) is 12.1 Å². The Labute approximate surface area is 322 Å². The molecule has 0 aromatic rings.